The van der Waals surface area contributed by atoms with Crippen LogP contribution in [0.4, 0.5) is 0 Å². The summed E-state index contributed by atoms with van der Waals surface area (Å²) in [7, 11) is -1.16. The molecule has 1 aliphatic heterocycles. The van der Waals surface area contributed by atoms with Gasteiger partial charge in [-0.1, -0.05) is 6.92 Å². The van der Waals surface area contributed by atoms with Gasteiger partial charge in [-0.2, -0.15) is 0 Å². The minimum atomic E-state index is -1.16. The Morgan fingerprint density at radius 1 is 1.78 bits per heavy atom. The molecular weight excluding hydrogens is 138 g/mol. The molecule has 4 heteroatoms. The maximum atomic E-state index is 10.5. The lowest BCUT2D eigenvalue weighted by atomic mass is 9.92. The van der Waals surface area contributed by atoms with Crippen LogP contribution in [0.25, 0.3) is 0 Å². The van der Waals surface area contributed by atoms with E-state index in [0.717, 1.165) is 0 Å². The van der Waals surface area contributed by atoms with Crippen molar-refractivity contribution in [1.29, 1.82) is 0 Å². The molecule has 0 saturated carbocycles. The van der Waals surface area contributed by atoms with Gasteiger partial charge in [0.1, 0.15) is 0 Å². The molecule has 0 aliphatic carbocycles. The summed E-state index contributed by atoms with van der Waals surface area (Å²) in [6, 6.07) is 0. The highest BCUT2D eigenvalue weighted by molar-refractivity contribution is 7.82. The summed E-state index contributed by atoms with van der Waals surface area (Å²) < 4.78 is 15.4. The lowest BCUT2D eigenvalue weighted by molar-refractivity contribution is -0.0865. The number of ether oxygens (including phenoxy) is 1. The maximum absolute atomic E-state index is 10.5. The van der Waals surface area contributed by atoms with E-state index in [4.69, 9.17) is 9.88 Å². The van der Waals surface area contributed by atoms with Crippen molar-refractivity contribution in [3.63, 3.8) is 0 Å². The Hall–Kier alpha value is 0.0700. The quantitative estimate of drug-likeness (QED) is 0.583. The molecule has 1 atom stereocenters. The van der Waals surface area contributed by atoms with Crippen LogP contribution in [0.3, 0.4) is 0 Å². The first kappa shape index (κ1) is 7.18. The summed E-state index contributed by atoms with van der Waals surface area (Å²) >= 11 is 0. The molecule has 0 amide bonds. The van der Waals surface area contributed by atoms with Crippen molar-refractivity contribution >= 4 is 11.0 Å². The van der Waals surface area contributed by atoms with Crippen molar-refractivity contribution in [3.8, 4) is 0 Å². The van der Waals surface area contributed by atoms with Crippen LogP contribution in [-0.4, -0.2) is 23.2 Å². The smallest absolute Gasteiger partial charge is 0.0895 e. The molecule has 1 aliphatic rings. The molecule has 1 rings (SSSR count). The predicted molar refractivity (Wildman–Crippen MR) is 36.1 cm³/mol. The van der Waals surface area contributed by atoms with Crippen molar-refractivity contribution < 1.29 is 8.95 Å². The minimum Gasteiger partial charge on any atom is -0.380 e. The molecule has 1 unspecified atom stereocenters. The first-order valence-corrected chi connectivity index (χ1v) is 4.21. The third kappa shape index (κ3) is 1.74. The summed E-state index contributed by atoms with van der Waals surface area (Å²) in [5.74, 6) is 0.562. The normalized spacial score (nSPS) is 26.9. The van der Waals surface area contributed by atoms with Crippen LogP contribution in [0.5, 0.6) is 0 Å². The van der Waals surface area contributed by atoms with Gasteiger partial charge in [0.2, 0.25) is 0 Å². The van der Waals surface area contributed by atoms with E-state index >= 15 is 0 Å². The van der Waals surface area contributed by atoms with Crippen LogP contribution >= 0.6 is 0 Å². The molecule has 0 aromatic rings. The van der Waals surface area contributed by atoms with Crippen LogP contribution in [0.1, 0.15) is 6.92 Å². The van der Waals surface area contributed by atoms with Crippen LogP contribution in [-0.2, 0) is 15.7 Å². The molecule has 54 valence electrons. The third-order valence-electron chi connectivity index (χ3n) is 1.39. The summed E-state index contributed by atoms with van der Waals surface area (Å²) in [4.78, 5) is 0. The zero-order valence-corrected chi connectivity index (χ0v) is 6.24. The highest BCUT2D eigenvalue weighted by atomic mass is 32.2. The van der Waals surface area contributed by atoms with E-state index in [1.807, 2.05) is 6.92 Å². The summed E-state index contributed by atoms with van der Waals surface area (Å²) in [6.07, 6.45) is 0. The van der Waals surface area contributed by atoms with Crippen LogP contribution in [0.15, 0.2) is 0 Å². The van der Waals surface area contributed by atoms with Gasteiger partial charge in [-0.05, 0) is 0 Å². The van der Waals surface area contributed by atoms with E-state index < -0.39 is 11.0 Å². The van der Waals surface area contributed by atoms with Gasteiger partial charge in [0.15, 0.2) is 0 Å². The molecule has 1 fully saturated rings. The number of rotatable bonds is 2. The van der Waals surface area contributed by atoms with Crippen LogP contribution < -0.4 is 5.14 Å². The van der Waals surface area contributed by atoms with Crippen LogP contribution in [0.2, 0.25) is 0 Å². The Bertz CT molecular complexity index is 133. The van der Waals surface area contributed by atoms with Crippen molar-refractivity contribution in [2.45, 2.75) is 6.92 Å². The molecule has 1 heterocycles. The zero-order valence-electron chi connectivity index (χ0n) is 5.42. The predicted octanol–water partition coefficient (Wildman–Crippen LogP) is -0.355. The zero-order chi connectivity index (χ0) is 6.91. The highest BCUT2D eigenvalue weighted by Gasteiger charge is 2.34. The van der Waals surface area contributed by atoms with Gasteiger partial charge in [0.25, 0.3) is 0 Å². The standard InChI is InChI=1S/C5H11NO2S/c1-5(2-8-3-5)4-9(6)7/h2-4,6H2,1H3. The van der Waals surface area contributed by atoms with Crippen molar-refractivity contribution in [2.24, 2.45) is 10.6 Å². The van der Waals surface area contributed by atoms with Crippen LogP contribution in [0, 0.1) is 5.41 Å². The Labute approximate surface area is 57.2 Å². The fourth-order valence-corrected chi connectivity index (χ4v) is 1.73. The third-order valence-corrected chi connectivity index (χ3v) is 2.37. The van der Waals surface area contributed by atoms with Gasteiger partial charge in [-0.15, -0.1) is 0 Å². The molecule has 0 aromatic carbocycles. The lowest BCUT2D eigenvalue weighted by Gasteiger charge is -2.36. The largest absolute Gasteiger partial charge is 0.380 e. The molecule has 0 bridgehead atoms. The van der Waals surface area contributed by atoms with E-state index in [2.05, 4.69) is 0 Å². The first-order chi connectivity index (χ1) is 4.12. The molecule has 0 aromatic heterocycles. The number of hydrogen-bond acceptors (Lipinski definition) is 2. The second-order valence-corrected chi connectivity index (χ2v) is 3.88. The average Bonchev–Trinajstić information content (AvgIpc) is 1.60. The fraction of sp³-hybridized carbons (Fsp3) is 1.00. The number of hydrogen-bond donors (Lipinski definition) is 1. The average molecular weight is 149 g/mol. The van der Waals surface area contributed by atoms with Gasteiger partial charge >= 0.3 is 0 Å². The topological polar surface area (TPSA) is 52.3 Å². The second-order valence-electron chi connectivity index (χ2n) is 2.83. The molecule has 3 nitrogen and oxygen atoms in total. The molecule has 1 saturated heterocycles. The lowest BCUT2D eigenvalue weighted by Crippen LogP contribution is -2.44. The fourth-order valence-electron chi connectivity index (χ4n) is 0.877. The van der Waals surface area contributed by atoms with Crippen molar-refractivity contribution in [2.75, 3.05) is 19.0 Å². The summed E-state index contributed by atoms with van der Waals surface area (Å²) in [6.45, 7) is 3.44. The Kier molecular flexibility index (Phi) is 1.88. The van der Waals surface area contributed by atoms with E-state index in [-0.39, 0.29) is 5.41 Å². The van der Waals surface area contributed by atoms with E-state index in [0.29, 0.717) is 19.0 Å². The summed E-state index contributed by atoms with van der Waals surface area (Å²) in [5, 5.41) is 5.10. The molecule has 0 spiro atoms. The van der Waals surface area contributed by atoms with Crippen molar-refractivity contribution in [1.82, 2.24) is 0 Å². The first-order valence-electron chi connectivity index (χ1n) is 2.83. The van der Waals surface area contributed by atoms with Gasteiger partial charge < -0.3 is 4.74 Å². The molecule has 2 N–H and O–H groups in total. The van der Waals surface area contributed by atoms with Gasteiger partial charge in [-0.25, -0.2) is 4.21 Å². The summed E-state index contributed by atoms with van der Waals surface area (Å²) in [5.41, 5.74) is 0.0968. The number of nitrogens with two attached hydrogens (primary N) is 1. The maximum Gasteiger partial charge on any atom is 0.0895 e. The molecular formula is C5H11NO2S. The Balaban J connectivity index is 2.33. The SMILES string of the molecule is CC1(CS(N)=O)COC1. The van der Waals surface area contributed by atoms with Gasteiger partial charge in [0, 0.05) is 11.2 Å². The molecule has 9 heavy (non-hydrogen) atoms. The Morgan fingerprint density at radius 3 is 2.44 bits per heavy atom. The molecule has 0 radical (unpaired) electrons. The van der Waals surface area contributed by atoms with E-state index in [9.17, 15) is 4.21 Å². The monoisotopic (exact) mass is 149 g/mol. The Morgan fingerprint density at radius 2 is 2.33 bits per heavy atom. The van der Waals surface area contributed by atoms with E-state index in [1.165, 1.54) is 0 Å². The van der Waals surface area contributed by atoms with E-state index in [1.54, 1.807) is 0 Å². The second kappa shape index (κ2) is 2.36. The minimum absolute atomic E-state index is 0.0968. The highest BCUT2D eigenvalue weighted by Crippen LogP contribution is 2.26. The van der Waals surface area contributed by atoms with Gasteiger partial charge in [-0.3, -0.25) is 5.14 Å². The van der Waals surface area contributed by atoms with Crippen molar-refractivity contribution in [3.05, 3.63) is 0 Å². The van der Waals surface area contributed by atoms with Gasteiger partial charge in [0.05, 0.1) is 24.2 Å².